The Labute approximate surface area is 397 Å². The van der Waals surface area contributed by atoms with Gasteiger partial charge in [-0.1, -0.05) is 65.8 Å². The van der Waals surface area contributed by atoms with Crippen molar-refractivity contribution in [1.82, 2.24) is 15.6 Å². The molecule has 18 heteroatoms. The number of fused-ring (bicyclic) bond motifs is 2. The van der Waals surface area contributed by atoms with Gasteiger partial charge in [-0.2, -0.15) is 0 Å². The first-order valence-corrected chi connectivity index (χ1v) is 23.0. The van der Waals surface area contributed by atoms with Gasteiger partial charge in [0, 0.05) is 35.5 Å². The zero-order chi connectivity index (χ0) is 48.9. The molecule has 1 atom stereocenters. The number of aromatic nitrogens is 1. The molecule has 1 aliphatic heterocycles. The predicted octanol–water partition coefficient (Wildman–Crippen LogP) is 7.89. The molecule has 366 valence electrons. The summed E-state index contributed by atoms with van der Waals surface area (Å²) in [7, 11) is 0. The van der Waals surface area contributed by atoms with Crippen LogP contribution < -0.4 is 20.3 Å². The highest BCUT2D eigenvalue weighted by Gasteiger charge is 2.32. The highest BCUT2D eigenvalue weighted by atomic mass is 16.6. The molecule has 3 N–H and O–H groups in total. The van der Waals surface area contributed by atoms with Gasteiger partial charge in [-0.3, -0.25) is 19.3 Å². The summed E-state index contributed by atoms with van der Waals surface area (Å²) in [5, 5.41) is 20.8. The summed E-state index contributed by atoms with van der Waals surface area (Å²) in [5.41, 5.74) is 10.4. The Morgan fingerprint density at radius 2 is 1.47 bits per heavy atom. The third-order valence-electron chi connectivity index (χ3n) is 10.8. The van der Waals surface area contributed by atoms with Crippen molar-refractivity contribution in [3.05, 3.63) is 100 Å². The van der Waals surface area contributed by atoms with E-state index in [-0.39, 0.29) is 18.7 Å². The minimum atomic E-state index is -1.35. The number of nitrogens with zero attached hydrogens (tertiary/aromatic N) is 5. The van der Waals surface area contributed by atoms with Gasteiger partial charge in [0.1, 0.15) is 29.3 Å². The zero-order valence-corrected chi connectivity index (χ0v) is 39.8. The van der Waals surface area contributed by atoms with Crippen molar-refractivity contribution in [2.45, 2.75) is 90.3 Å². The molecule has 2 heterocycles. The standard InChI is InChI=1S/C50H65N7O11/c1-49(2,3)68-48(62)57-24-9-10-37-19-20-38(53-46(37)57)11-8-14-44(58)55-50(4,5)47(61)54-42(34-45(59)60)36-17-15-35(16-18-36)39-21-22-43(41-13-7-6-12-40(39)41)67-33-32-66-31-30-65-29-28-64-27-26-63-25-23-52-56-51/h6-7,12-13,15-22,42H,8-11,14,23-34H2,1-5H3,(H,54,61)(H,55,58)(H,59,60)/t42-/m0/s1. The number of benzene rings is 3. The van der Waals surface area contributed by atoms with Crippen molar-refractivity contribution in [2.24, 2.45) is 5.11 Å². The van der Waals surface area contributed by atoms with Crippen molar-refractivity contribution in [1.29, 1.82) is 0 Å². The molecule has 1 aromatic heterocycles. The van der Waals surface area contributed by atoms with E-state index in [1.54, 1.807) is 30.9 Å². The van der Waals surface area contributed by atoms with Crippen molar-refractivity contribution in [3.8, 4) is 16.9 Å². The van der Waals surface area contributed by atoms with Crippen molar-refractivity contribution < 1.29 is 52.7 Å². The molecule has 0 spiro atoms. The van der Waals surface area contributed by atoms with Gasteiger partial charge >= 0.3 is 12.1 Å². The first kappa shape index (κ1) is 52.7. The van der Waals surface area contributed by atoms with Gasteiger partial charge in [0.25, 0.3) is 0 Å². The van der Waals surface area contributed by atoms with Gasteiger partial charge in [0.05, 0.1) is 65.3 Å². The molecule has 0 aliphatic carbocycles. The minimum absolute atomic E-state index is 0.123. The maximum atomic E-state index is 13.7. The summed E-state index contributed by atoms with van der Waals surface area (Å²) in [6, 6.07) is 22.2. The number of aryl methyl sites for hydroxylation is 2. The van der Waals surface area contributed by atoms with Crippen molar-refractivity contribution in [3.63, 3.8) is 0 Å². The van der Waals surface area contributed by atoms with Crippen LogP contribution in [0.4, 0.5) is 10.6 Å². The molecule has 0 saturated carbocycles. The number of anilines is 1. The first-order chi connectivity index (χ1) is 32.6. The van der Waals surface area contributed by atoms with Crippen LogP contribution in [0.2, 0.25) is 0 Å². The van der Waals surface area contributed by atoms with Crippen LogP contribution >= 0.6 is 0 Å². The number of carbonyl (C=O) groups excluding carboxylic acids is 3. The number of amides is 3. The summed E-state index contributed by atoms with van der Waals surface area (Å²) < 4.78 is 33.7. The number of carboxylic acids is 1. The van der Waals surface area contributed by atoms with E-state index in [0.717, 1.165) is 46.0 Å². The van der Waals surface area contributed by atoms with Gasteiger partial charge in [0.15, 0.2) is 0 Å². The second-order valence-corrected chi connectivity index (χ2v) is 17.7. The molecule has 0 fully saturated rings. The monoisotopic (exact) mass is 939 g/mol. The minimum Gasteiger partial charge on any atom is -0.491 e. The Hall–Kier alpha value is -6.30. The molecule has 1 aliphatic rings. The Morgan fingerprint density at radius 3 is 2.12 bits per heavy atom. The van der Waals surface area contributed by atoms with E-state index in [0.29, 0.717) is 103 Å². The van der Waals surface area contributed by atoms with E-state index in [4.69, 9.17) is 38.9 Å². The molecule has 0 saturated heterocycles. The molecule has 4 aromatic rings. The summed E-state index contributed by atoms with van der Waals surface area (Å²) in [4.78, 5) is 60.7. The number of rotatable bonds is 27. The third kappa shape index (κ3) is 16.8. The maximum Gasteiger partial charge on any atom is 0.416 e. The molecule has 3 aromatic carbocycles. The molecule has 5 rings (SSSR count). The first-order valence-electron chi connectivity index (χ1n) is 23.0. The van der Waals surface area contributed by atoms with E-state index >= 15 is 0 Å². The average molecular weight is 940 g/mol. The largest absolute Gasteiger partial charge is 0.491 e. The van der Waals surface area contributed by atoms with E-state index in [1.165, 1.54) is 0 Å². The molecular formula is C50H65N7O11. The summed E-state index contributed by atoms with van der Waals surface area (Å²) in [6.07, 6.45) is 1.87. The SMILES string of the molecule is CC(C)(C)OC(=O)N1CCCc2ccc(CCCC(=O)NC(C)(C)C(=O)N[C@@H](CC(=O)O)c3ccc(-c4ccc(OCCOCCOCCOCCOCCN=[N+]=[N-])c5ccccc45)cc3)nc21. The Balaban J connectivity index is 1.09. The lowest BCUT2D eigenvalue weighted by atomic mass is 9.94. The molecule has 0 bridgehead atoms. The second-order valence-electron chi connectivity index (χ2n) is 17.7. The number of pyridine rings is 1. The topological polar surface area (TPSA) is 233 Å². The van der Waals surface area contributed by atoms with Gasteiger partial charge < -0.3 is 44.2 Å². The molecule has 0 radical (unpaired) electrons. The number of nitrogens with one attached hydrogen (secondary N) is 2. The quantitative estimate of drug-likeness (QED) is 0.0224. The van der Waals surface area contributed by atoms with Gasteiger partial charge in [-0.05, 0) is 106 Å². The lowest BCUT2D eigenvalue weighted by Gasteiger charge is -2.31. The number of hydrogen-bond acceptors (Lipinski definition) is 12. The number of hydrogen-bond donors (Lipinski definition) is 3. The van der Waals surface area contributed by atoms with E-state index in [9.17, 15) is 24.3 Å². The fourth-order valence-electron chi connectivity index (χ4n) is 7.44. The lowest BCUT2D eigenvalue weighted by molar-refractivity contribution is -0.138. The Morgan fingerprint density at radius 1 is 0.824 bits per heavy atom. The normalized spacial score (nSPS) is 13.0. The molecule has 0 unspecified atom stereocenters. The van der Waals surface area contributed by atoms with Crippen LogP contribution in [0.25, 0.3) is 32.3 Å². The number of carbonyl (C=O) groups is 4. The van der Waals surface area contributed by atoms with E-state index < -0.39 is 35.2 Å². The number of aliphatic carboxylic acids is 1. The summed E-state index contributed by atoms with van der Waals surface area (Å²) in [5.74, 6) is -0.662. The molecule has 18 nitrogen and oxygen atoms in total. The zero-order valence-electron chi connectivity index (χ0n) is 39.8. The van der Waals surface area contributed by atoms with Crippen molar-refractivity contribution >= 4 is 40.5 Å². The third-order valence-corrected chi connectivity index (χ3v) is 10.8. The fraction of sp³-hybridized carbons (Fsp3) is 0.500. The number of ether oxygens (including phenoxy) is 6. The molecular weight excluding hydrogens is 875 g/mol. The number of carboxylic acid groups (broad SMARTS) is 1. The Bertz CT molecular complexity index is 2350. The van der Waals surface area contributed by atoms with Gasteiger partial charge in [-0.25, -0.2) is 9.78 Å². The molecule has 3 amide bonds. The number of azide groups is 1. The van der Waals surface area contributed by atoms with Gasteiger partial charge in [0.2, 0.25) is 11.8 Å². The smallest absolute Gasteiger partial charge is 0.416 e. The van der Waals surface area contributed by atoms with Crippen LogP contribution in [-0.4, -0.2) is 118 Å². The van der Waals surface area contributed by atoms with Crippen LogP contribution in [-0.2, 0) is 50.9 Å². The van der Waals surface area contributed by atoms with E-state index in [1.807, 2.05) is 81.4 Å². The summed E-state index contributed by atoms with van der Waals surface area (Å²) in [6.45, 7) is 13.0. The highest BCUT2D eigenvalue weighted by molar-refractivity contribution is 6.00. The van der Waals surface area contributed by atoms with Crippen LogP contribution in [0.3, 0.4) is 0 Å². The van der Waals surface area contributed by atoms with Crippen LogP contribution in [0.15, 0.2) is 77.9 Å². The molecule has 68 heavy (non-hydrogen) atoms. The predicted molar refractivity (Wildman–Crippen MR) is 257 cm³/mol. The van der Waals surface area contributed by atoms with Crippen LogP contribution in [0.1, 0.15) is 83.2 Å². The van der Waals surface area contributed by atoms with Gasteiger partial charge in [-0.15, -0.1) is 0 Å². The highest BCUT2D eigenvalue weighted by Crippen LogP contribution is 2.35. The Kier molecular flexibility index (Phi) is 20.4. The lowest BCUT2D eigenvalue weighted by Crippen LogP contribution is -2.55. The van der Waals surface area contributed by atoms with Crippen LogP contribution in [0.5, 0.6) is 5.75 Å². The maximum absolute atomic E-state index is 13.7. The fourth-order valence-corrected chi connectivity index (χ4v) is 7.44. The van der Waals surface area contributed by atoms with Crippen LogP contribution in [0, 0.1) is 0 Å². The second kappa shape index (κ2) is 26.3. The van der Waals surface area contributed by atoms with Crippen molar-refractivity contribution in [2.75, 3.05) is 77.5 Å². The summed E-state index contributed by atoms with van der Waals surface area (Å²) >= 11 is 0. The van der Waals surface area contributed by atoms with E-state index in [2.05, 4.69) is 20.7 Å². The average Bonchev–Trinajstić information content (AvgIpc) is 3.30.